The summed E-state index contributed by atoms with van der Waals surface area (Å²) in [6.07, 6.45) is 0.818. The molecule has 0 radical (unpaired) electrons. The first-order valence-corrected chi connectivity index (χ1v) is 7.62. The van der Waals surface area contributed by atoms with Crippen molar-refractivity contribution in [2.45, 2.75) is 19.4 Å². The predicted molar refractivity (Wildman–Crippen MR) is 90.9 cm³/mol. The fraction of sp³-hybridized carbons (Fsp3) is 0.429. The highest BCUT2D eigenvalue weighted by Gasteiger charge is 2.14. The summed E-state index contributed by atoms with van der Waals surface area (Å²) in [6.45, 7) is 2.78. The van der Waals surface area contributed by atoms with Gasteiger partial charge in [-0.3, -0.25) is 0 Å². The number of carboxylic acid groups (broad SMARTS) is 1. The number of hydrogen-bond acceptors (Lipinski definition) is 3. The molecule has 1 aromatic carbocycles. The number of carbonyl (C=O) groups excluding carboxylic acids is 1. The van der Waals surface area contributed by atoms with Crippen LogP contribution in [0, 0.1) is 3.57 Å². The molecule has 0 spiro atoms. The standard InChI is InChI=1S/C14H20IN3O3/c1-9(6-7-18(2)3)16-14(21)17-12-5-4-10(15)8-11(12)13(19)20/h4-5,8-9H,6-7H2,1-3H3,(H,19,20)(H2,16,17,21). The Morgan fingerprint density at radius 1 is 1.38 bits per heavy atom. The number of benzene rings is 1. The molecule has 0 heterocycles. The molecule has 1 aromatic rings. The molecular weight excluding hydrogens is 385 g/mol. The summed E-state index contributed by atoms with van der Waals surface area (Å²) in [6, 6.07) is 4.47. The van der Waals surface area contributed by atoms with Gasteiger partial charge in [-0.2, -0.15) is 0 Å². The molecule has 0 aliphatic rings. The van der Waals surface area contributed by atoms with E-state index in [4.69, 9.17) is 5.11 Å². The van der Waals surface area contributed by atoms with Crippen LogP contribution in [0.25, 0.3) is 0 Å². The van der Waals surface area contributed by atoms with Gasteiger partial charge in [-0.1, -0.05) is 0 Å². The first-order chi connectivity index (χ1) is 9.79. The Bertz CT molecular complexity index is 520. The maximum atomic E-state index is 11.9. The number of nitrogens with zero attached hydrogens (tertiary/aromatic N) is 1. The zero-order valence-corrected chi connectivity index (χ0v) is 14.5. The lowest BCUT2D eigenvalue weighted by Crippen LogP contribution is -2.38. The number of nitrogens with one attached hydrogen (secondary N) is 2. The second-order valence-corrected chi connectivity index (χ2v) is 6.33. The zero-order chi connectivity index (χ0) is 16.0. The van der Waals surface area contributed by atoms with Crippen LogP contribution in [0.15, 0.2) is 18.2 Å². The van der Waals surface area contributed by atoms with E-state index in [1.165, 1.54) is 6.07 Å². The molecule has 0 aromatic heterocycles. The van der Waals surface area contributed by atoms with Crippen LogP contribution >= 0.6 is 22.6 Å². The minimum absolute atomic E-state index is 0.00419. The van der Waals surface area contributed by atoms with E-state index in [9.17, 15) is 9.59 Å². The molecule has 0 aliphatic carbocycles. The van der Waals surface area contributed by atoms with Gasteiger partial charge in [0.2, 0.25) is 0 Å². The maximum absolute atomic E-state index is 11.9. The Labute approximate surface area is 138 Å². The van der Waals surface area contributed by atoms with Gasteiger partial charge in [-0.05, 0) is 74.8 Å². The van der Waals surface area contributed by atoms with Crippen molar-refractivity contribution < 1.29 is 14.7 Å². The maximum Gasteiger partial charge on any atom is 0.337 e. The smallest absolute Gasteiger partial charge is 0.337 e. The molecule has 21 heavy (non-hydrogen) atoms. The van der Waals surface area contributed by atoms with E-state index in [0.29, 0.717) is 5.69 Å². The molecule has 1 rings (SSSR count). The summed E-state index contributed by atoms with van der Waals surface area (Å²) in [5.74, 6) is -1.07. The van der Waals surface area contributed by atoms with Gasteiger partial charge in [0.1, 0.15) is 0 Å². The van der Waals surface area contributed by atoms with Crippen LogP contribution in [0.1, 0.15) is 23.7 Å². The Kier molecular flexibility index (Phi) is 6.90. The molecule has 0 bridgehead atoms. The molecule has 116 valence electrons. The number of amides is 2. The fourth-order valence-corrected chi connectivity index (χ4v) is 2.20. The van der Waals surface area contributed by atoms with Crippen LogP contribution in [0.2, 0.25) is 0 Å². The first kappa shape index (κ1) is 17.7. The summed E-state index contributed by atoms with van der Waals surface area (Å²) in [7, 11) is 3.94. The van der Waals surface area contributed by atoms with Crippen molar-refractivity contribution in [3.63, 3.8) is 0 Å². The van der Waals surface area contributed by atoms with Gasteiger partial charge in [0, 0.05) is 9.61 Å². The van der Waals surface area contributed by atoms with Crippen LogP contribution in [0.4, 0.5) is 10.5 Å². The predicted octanol–water partition coefficient (Wildman–Crippen LogP) is 2.45. The third-order valence-electron chi connectivity index (χ3n) is 2.85. The normalized spacial score (nSPS) is 12.0. The van der Waals surface area contributed by atoms with E-state index >= 15 is 0 Å². The van der Waals surface area contributed by atoms with Crippen molar-refractivity contribution in [1.29, 1.82) is 0 Å². The van der Waals surface area contributed by atoms with Gasteiger partial charge in [0.25, 0.3) is 0 Å². The largest absolute Gasteiger partial charge is 0.478 e. The highest BCUT2D eigenvalue weighted by atomic mass is 127. The second-order valence-electron chi connectivity index (χ2n) is 5.09. The number of halogens is 1. The molecule has 0 saturated heterocycles. The van der Waals surface area contributed by atoms with Gasteiger partial charge >= 0.3 is 12.0 Å². The Balaban J connectivity index is 2.65. The van der Waals surface area contributed by atoms with E-state index in [2.05, 4.69) is 10.6 Å². The molecule has 3 N–H and O–H groups in total. The highest BCUT2D eigenvalue weighted by molar-refractivity contribution is 14.1. The monoisotopic (exact) mass is 405 g/mol. The summed E-state index contributed by atoms with van der Waals surface area (Å²) in [5.41, 5.74) is 0.373. The molecule has 0 fully saturated rings. The number of anilines is 1. The molecule has 2 amide bonds. The molecule has 0 aliphatic heterocycles. The van der Waals surface area contributed by atoms with Gasteiger partial charge in [-0.25, -0.2) is 9.59 Å². The van der Waals surface area contributed by atoms with E-state index in [0.717, 1.165) is 16.5 Å². The van der Waals surface area contributed by atoms with Crippen LogP contribution in [-0.2, 0) is 0 Å². The van der Waals surface area contributed by atoms with E-state index in [1.54, 1.807) is 12.1 Å². The topological polar surface area (TPSA) is 81.7 Å². The summed E-state index contributed by atoms with van der Waals surface area (Å²) in [4.78, 5) is 25.1. The lowest BCUT2D eigenvalue weighted by Gasteiger charge is -2.17. The minimum atomic E-state index is -1.07. The lowest BCUT2D eigenvalue weighted by atomic mass is 10.2. The van der Waals surface area contributed by atoms with E-state index < -0.39 is 12.0 Å². The van der Waals surface area contributed by atoms with Crippen molar-refractivity contribution in [3.05, 3.63) is 27.3 Å². The zero-order valence-electron chi connectivity index (χ0n) is 12.3. The number of hydrogen-bond donors (Lipinski definition) is 3. The van der Waals surface area contributed by atoms with Crippen molar-refractivity contribution in [3.8, 4) is 0 Å². The molecule has 6 nitrogen and oxygen atoms in total. The van der Waals surface area contributed by atoms with Gasteiger partial charge in [0.05, 0.1) is 11.3 Å². The van der Waals surface area contributed by atoms with E-state index in [1.807, 2.05) is 48.5 Å². The third kappa shape index (κ3) is 6.30. The van der Waals surface area contributed by atoms with Gasteiger partial charge in [0.15, 0.2) is 0 Å². The van der Waals surface area contributed by atoms with Gasteiger partial charge in [-0.15, -0.1) is 0 Å². The number of rotatable bonds is 6. The fourth-order valence-electron chi connectivity index (χ4n) is 1.71. The molecule has 0 saturated carbocycles. The van der Waals surface area contributed by atoms with Crippen molar-refractivity contribution >= 4 is 40.3 Å². The average Bonchev–Trinajstić information content (AvgIpc) is 2.38. The third-order valence-corrected chi connectivity index (χ3v) is 3.52. The van der Waals surface area contributed by atoms with Gasteiger partial charge < -0.3 is 20.6 Å². The quantitative estimate of drug-likeness (QED) is 0.636. The van der Waals surface area contributed by atoms with Crippen LogP contribution in [0.5, 0.6) is 0 Å². The molecule has 1 unspecified atom stereocenters. The highest BCUT2D eigenvalue weighted by Crippen LogP contribution is 2.18. The minimum Gasteiger partial charge on any atom is -0.478 e. The number of urea groups is 1. The average molecular weight is 405 g/mol. The molecule has 7 heteroatoms. The second kappa shape index (κ2) is 8.18. The van der Waals surface area contributed by atoms with Crippen molar-refractivity contribution in [2.24, 2.45) is 0 Å². The van der Waals surface area contributed by atoms with Crippen LogP contribution < -0.4 is 10.6 Å². The molecular formula is C14H20IN3O3. The summed E-state index contributed by atoms with van der Waals surface area (Å²) in [5, 5.41) is 14.5. The number of carbonyl (C=O) groups is 2. The molecule has 1 atom stereocenters. The summed E-state index contributed by atoms with van der Waals surface area (Å²) < 4.78 is 0.801. The van der Waals surface area contributed by atoms with Crippen LogP contribution in [0.3, 0.4) is 0 Å². The SMILES string of the molecule is CC(CCN(C)C)NC(=O)Nc1ccc(I)cc1C(=O)O. The van der Waals surface area contributed by atoms with Crippen molar-refractivity contribution in [2.75, 3.05) is 26.0 Å². The number of aromatic carboxylic acids is 1. The van der Waals surface area contributed by atoms with Crippen molar-refractivity contribution in [1.82, 2.24) is 10.2 Å². The Hall–Kier alpha value is -1.35. The first-order valence-electron chi connectivity index (χ1n) is 6.54. The Morgan fingerprint density at radius 2 is 2.05 bits per heavy atom. The lowest BCUT2D eigenvalue weighted by molar-refractivity contribution is 0.0698. The van der Waals surface area contributed by atoms with E-state index in [-0.39, 0.29) is 11.6 Å². The number of carboxylic acids is 1. The Morgan fingerprint density at radius 3 is 2.62 bits per heavy atom. The van der Waals surface area contributed by atoms with Crippen LogP contribution in [-0.4, -0.2) is 48.7 Å². The summed E-state index contributed by atoms with van der Waals surface area (Å²) >= 11 is 2.03.